The largest absolute Gasteiger partial charge is 0.381 e. The lowest BCUT2D eigenvalue weighted by Gasteiger charge is -2.10. The van der Waals surface area contributed by atoms with Crippen LogP contribution in [0.15, 0.2) is 54.7 Å². The maximum atomic E-state index is 4.48. The van der Waals surface area contributed by atoms with Crippen LogP contribution in [0, 0.1) is 10.5 Å². The van der Waals surface area contributed by atoms with Crippen LogP contribution in [0.4, 0.5) is 5.69 Å². The molecule has 3 heteroatoms. The Hall–Kier alpha value is -1.62. The number of hydrogen-bond acceptors (Lipinski definition) is 2. The summed E-state index contributed by atoms with van der Waals surface area (Å²) in [4.78, 5) is 4.48. The number of anilines is 1. The third-order valence-electron chi connectivity index (χ3n) is 3.37. The van der Waals surface area contributed by atoms with Gasteiger partial charge in [0, 0.05) is 27.4 Å². The van der Waals surface area contributed by atoms with Crippen molar-refractivity contribution in [1.82, 2.24) is 4.98 Å². The van der Waals surface area contributed by atoms with Crippen molar-refractivity contribution in [2.75, 3.05) is 5.32 Å². The lowest BCUT2D eigenvalue weighted by molar-refractivity contribution is 1.15. The molecule has 0 unspecified atom stereocenters. The van der Waals surface area contributed by atoms with Crippen LogP contribution in [0.1, 0.15) is 11.1 Å². The number of halogens is 1. The molecule has 0 spiro atoms. The molecule has 2 nitrogen and oxygen atoms in total. The van der Waals surface area contributed by atoms with Crippen molar-refractivity contribution in [2.24, 2.45) is 0 Å². The van der Waals surface area contributed by atoms with E-state index in [4.69, 9.17) is 0 Å². The summed E-state index contributed by atoms with van der Waals surface area (Å²) >= 11 is 2.37. The fourth-order valence-electron chi connectivity index (χ4n) is 2.21. The standard InChI is InChI=1S/C17H15IN2/c1-12-7-8-15(10-16(12)18)20-11-14-5-2-4-13-6-3-9-19-17(13)14/h2-10,20H,11H2,1H3. The van der Waals surface area contributed by atoms with Crippen molar-refractivity contribution in [2.45, 2.75) is 13.5 Å². The molecule has 2 aromatic carbocycles. The zero-order valence-corrected chi connectivity index (χ0v) is 13.4. The van der Waals surface area contributed by atoms with Crippen molar-refractivity contribution in [3.8, 4) is 0 Å². The summed E-state index contributed by atoms with van der Waals surface area (Å²) in [7, 11) is 0. The Balaban J connectivity index is 1.85. The molecule has 0 amide bonds. The van der Waals surface area contributed by atoms with Gasteiger partial charge < -0.3 is 5.32 Å². The average molecular weight is 374 g/mol. The molecule has 0 saturated carbocycles. The number of hydrogen-bond donors (Lipinski definition) is 1. The SMILES string of the molecule is Cc1ccc(NCc2cccc3cccnc23)cc1I. The van der Waals surface area contributed by atoms with Gasteiger partial charge in [0.25, 0.3) is 0 Å². The first-order chi connectivity index (χ1) is 9.74. The molecular formula is C17H15IN2. The molecule has 0 aliphatic heterocycles. The molecule has 3 rings (SSSR count). The van der Waals surface area contributed by atoms with Gasteiger partial charge in [0.1, 0.15) is 0 Å². The van der Waals surface area contributed by atoms with Gasteiger partial charge in [0.05, 0.1) is 5.52 Å². The monoisotopic (exact) mass is 374 g/mol. The van der Waals surface area contributed by atoms with Crippen molar-refractivity contribution < 1.29 is 0 Å². The molecular weight excluding hydrogens is 359 g/mol. The van der Waals surface area contributed by atoms with E-state index < -0.39 is 0 Å². The van der Waals surface area contributed by atoms with Gasteiger partial charge in [-0.3, -0.25) is 4.98 Å². The molecule has 0 saturated heterocycles. The number of nitrogens with zero attached hydrogens (tertiary/aromatic N) is 1. The van der Waals surface area contributed by atoms with Crippen LogP contribution in [0.25, 0.3) is 10.9 Å². The van der Waals surface area contributed by atoms with E-state index in [1.54, 1.807) is 0 Å². The van der Waals surface area contributed by atoms with E-state index in [-0.39, 0.29) is 0 Å². The second-order valence-electron chi connectivity index (χ2n) is 4.81. The first-order valence-corrected chi connectivity index (χ1v) is 7.64. The molecule has 1 aromatic heterocycles. The Morgan fingerprint density at radius 2 is 1.95 bits per heavy atom. The van der Waals surface area contributed by atoms with E-state index in [2.05, 4.69) is 82.3 Å². The molecule has 3 aromatic rings. The lowest BCUT2D eigenvalue weighted by atomic mass is 10.1. The maximum absolute atomic E-state index is 4.48. The second kappa shape index (κ2) is 5.79. The quantitative estimate of drug-likeness (QED) is 0.669. The van der Waals surface area contributed by atoms with Gasteiger partial charge in [-0.15, -0.1) is 0 Å². The minimum atomic E-state index is 0.785. The first-order valence-electron chi connectivity index (χ1n) is 6.57. The zero-order valence-electron chi connectivity index (χ0n) is 11.2. The van der Waals surface area contributed by atoms with Crippen LogP contribution >= 0.6 is 22.6 Å². The zero-order chi connectivity index (χ0) is 13.9. The average Bonchev–Trinajstić information content (AvgIpc) is 2.48. The fourth-order valence-corrected chi connectivity index (χ4v) is 2.73. The number of aryl methyl sites for hydroxylation is 1. The minimum Gasteiger partial charge on any atom is -0.381 e. The highest BCUT2D eigenvalue weighted by Gasteiger charge is 2.02. The molecule has 100 valence electrons. The van der Waals surface area contributed by atoms with E-state index in [0.29, 0.717) is 0 Å². The summed E-state index contributed by atoms with van der Waals surface area (Å²) in [5.41, 5.74) is 4.75. The number of para-hydroxylation sites is 1. The van der Waals surface area contributed by atoms with Crippen LogP contribution in [-0.2, 0) is 6.54 Å². The van der Waals surface area contributed by atoms with Gasteiger partial charge in [0.15, 0.2) is 0 Å². The lowest BCUT2D eigenvalue weighted by Crippen LogP contribution is -2.01. The molecule has 0 aliphatic rings. The number of nitrogens with one attached hydrogen (secondary N) is 1. The summed E-state index contributed by atoms with van der Waals surface area (Å²) < 4.78 is 1.28. The van der Waals surface area contributed by atoms with Gasteiger partial charge in [-0.25, -0.2) is 0 Å². The molecule has 0 aliphatic carbocycles. The molecule has 0 bridgehead atoms. The minimum absolute atomic E-state index is 0.785. The van der Waals surface area contributed by atoms with Crippen LogP contribution in [0.5, 0.6) is 0 Å². The summed E-state index contributed by atoms with van der Waals surface area (Å²) in [6.45, 7) is 2.91. The molecule has 0 radical (unpaired) electrons. The Kier molecular flexibility index (Phi) is 3.87. The van der Waals surface area contributed by atoms with E-state index >= 15 is 0 Å². The Morgan fingerprint density at radius 1 is 1.10 bits per heavy atom. The van der Waals surface area contributed by atoms with Gasteiger partial charge >= 0.3 is 0 Å². The summed E-state index contributed by atoms with van der Waals surface area (Å²) in [5.74, 6) is 0. The van der Waals surface area contributed by atoms with E-state index in [9.17, 15) is 0 Å². The number of aromatic nitrogens is 1. The number of pyridine rings is 1. The third kappa shape index (κ3) is 2.77. The molecule has 1 N–H and O–H groups in total. The first kappa shape index (κ1) is 13.4. The van der Waals surface area contributed by atoms with Crippen molar-refractivity contribution in [1.29, 1.82) is 0 Å². The molecule has 0 atom stereocenters. The topological polar surface area (TPSA) is 24.9 Å². The number of rotatable bonds is 3. The van der Waals surface area contributed by atoms with Crippen molar-refractivity contribution in [3.63, 3.8) is 0 Å². The smallest absolute Gasteiger partial charge is 0.0751 e. The third-order valence-corrected chi connectivity index (χ3v) is 4.53. The normalized spacial score (nSPS) is 10.7. The molecule has 1 heterocycles. The predicted molar refractivity (Wildman–Crippen MR) is 93.0 cm³/mol. The Labute approximate surface area is 132 Å². The van der Waals surface area contributed by atoms with Gasteiger partial charge in [-0.1, -0.05) is 30.3 Å². The van der Waals surface area contributed by atoms with Crippen molar-refractivity contribution in [3.05, 3.63) is 69.4 Å². The maximum Gasteiger partial charge on any atom is 0.0751 e. The van der Waals surface area contributed by atoms with Crippen LogP contribution in [0.2, 0.25) is 0 Å². The van der Waals surface area contributed by atoms with Crippen LogP contribution in [-0.4, -0.2) is 4.98 Å². The van der Waals surface area contributed by atoms with Gasteiger partial charge in [0.2, 0.25) is 0 Å². The molecule has 20 heavy (non-hydrogen) atoms. The van der Waals surface area contributed by atoms with E-state index in [1.165, 1.54) is 20.1 Å². The highest BCUT2D eigenvalue weighted by atomic mass is 127. The summed E-state index contributed by atoms with van der Waals surface area (Å²) in [6.07, 6.45) is 1.85. The highest BCUT2D eigenvalue weighted by molar-refractivity contribution is 14.1. The van der Waals surface area contributed by atoms with Gasteiger partial charge in [-0.2, -0.15) is 0 Å². The summed E-state index contributed by atoms with van der Waals surface area (Å²) in [5, 5.41) is 4.66. The van der Waals surface area contributed by atoms with Crippen LogP contribution in [0.3, 0.4) is 0 Å². The van der Waals surface area contributed by atoms with Gasteiger partial charge in [-0.05, 0) is 58.8 Å². The fraction of sp³-hybridized carbons (Fsp3) is 0.118. The highest BCUT2D eigenvalue weighted by Crippen LogP contribution is 2.20. The summed E-state index contributed by atoms with van der Waals surface area (Å²) in [6, 6.07) is 16.8. The predicted octanol–water partition coefficient (Wildman–Crippen LogP) is 4.76. The second-order valence-corrected chi connectivity index (χ2v) is 5.97. The van der Waals surface area contributed by atoms with Crippen LogP contribution < -0.4 is 5.32 Å². The molecule has 0 fully saturated rings. The Morgan fingerprint density at radius 3 is 2.80 bits per heavy atom. The van der Waals surface area contributed by atoms with E-state index in [1.807, 2.05) is 12.3 Å². The Bertz CT molecular complexity index is 748. The number of fused-ring (bicyclic) bond motifs is 1. The van der Waals surface area contributed by atoms with E-state index in [0.717, 1.165) is 17.7 Å². The number of benzene rings is 2. The van der Waals surface area contributed by atoms with Crippen molar-refractivity contribution >= 4 is 39.2 Å².